The molecule has 2 aromatic heterocycles. The number of rotatable bonds is 7. The predicted octanol–water partition coefficient (Wildman–Crippen LogP) is 2.30. The van der Waals surface area contributed by atoms with E-state index < -0.39 is 0 Å². The summed E-state index contributed by atoms with van der Waals surface area (Å²) in [6, 6.07) is 7.98. The molecule has 0 aliphatic heterocycles. The van der Waals surface area contributed by atoms with Crippen molar-refractivity contribution < 1.29 is 9.50 Å². The number of nitrogens with zero attached hydrogens (tertiary/aromatic N) is 4. The topological polar surface area (TPSA) is 87.4 Å². The van der Waals surface area contributed by atoms with Gasteiger partial charge >= 0.3 is 0 Å². The number of aromatic nitrogens is 4. The lowest BCUT2D eigenvalue weighted by Crippen LogP contribution is -2.30. The summed E-state index contributed by atoms with van der Waals surface area (Å²) < 4.78 is 14.9. The largest absolute Gasteiger partial charge is 0.394 e. The summed E-state index contributed by atoms with van der Waals surface area (Å²) in [6.45, 7) is 4.40. The summed E-state index contributed by atoms with van der Waals surface area (Å²) in [5.74, 6) is 0.833. The Kier molecular flexibility index (Phi) is 5.08. The smallest absolute Gasteiger partial charge is 0.229 e. The van der Waals surface area contributed by atoms with Gasteiger partial charge in [-0.25, -0.2) is 4.39 Å². The zero-order valence-electron chi connectivity index (χ0n) is 14.1. The Balaban J connectivity index is 1.84. The third-order valence-corrected chi connectivity index (χ3v) is 3.91. The Labute approximate surface area is 144 Å². The van der Waals surface area contributed by atoms with Crippen LogP contribution in [0.25, 0.3) is 5.65 Å². The maximum Gasteiger partial charge on any atom is 0.229 e. The number of fused-ring (bicyclic) bond motifs is 1. The number of aliphatic hydroxyl groups excluding tert-OH is 1. The van der Waals surface area contributed by atoms with Crippen LogP contribution in [0.3, 0.4) is 0 Å². The van der Waals surface area contributed by atoms with E-state index in [1.54, 1.807) is 22.8 Å². The SMILES string of the molecule is CC(C)[C@H](CO)Nc1nc(NCc2cccc(F)c2)n2nccc2n1. The quantitative estimate of drug-likeness (QED) is 0.610. The lowest BCUT2D eigenvalue weighted by atomic mass is 10.1. The van der Waals surface area contributed by atoms with E-state index in [-0.39, 0.29) is 24.4 Å². The Morgan fingerprint density at radius 1 is 1.24 bits per heavy atom. The van der Waals surface area contributed by atoms with Crippen molar-refractivity contribution in [3.8, 4) is 0 Å². The second-order valence-corrected chi connectivity index (χ2v) is 6.13. The predicted molar refractivity (Wildman–Crippen MR) is 93.8 cm³/mol. The van der Waals surface area contributed by atoms with Gasteiger partial charge < -0.3 is 15.7 Å². The molecular formula is C17H21FN6O. The van der Waals surface area contributed by atoms with Crippen LogP contribution in [-0.4, -0.2) is 37.3 Å². The van der Waals surface area contributed by atoms with Crippen molar-refractivity contribution in [1.82, 2.24) is 19.6 Å². The standard InChI is InChI=1S/C17H21FN6O/c1-11(2)14(10-25)21-16-22-15-6-7-20-24(15)17(23-16)19-9-12-4-3-5-13(18)8-12/h3-8,11,14,25H,9-10H2,1-2H3,(H2,19,21,22,23)/t14-/m0/s1. The number of benzene rings is 1. The van der Waals surface area contributed by atoms with Crippen LogP contribution in [0.1, 0.15) is 19.4 Å². The fourth-order valence-corrected chi connectivity index (χ4v) is 2.42. The molecule has 0 spiro atoms. The van der Waals surface area contributed by atoms with Gasteiger partial charge in [0.25, 0.3) is 0 Å². The van der Waals surface area contributed by atoms with Crippen molar-refractivity contribution in [3.05, 3.63) is 47.9 Å². The molecule has 1 aromatic carbocycles. The fraction of sp³-hybridized carbons (Fsp3) is 0.353. The third kappa shape index (κ3) is 4.03. The first-order valence-corrected chi connectivity index (χ1v) is 8.14. The average Bonchev–Trinajstić information content (AvgIpc) is 3.06. The first-order valence-electron chi connectivity index (χ1n) is 8.14. The van der Waals surface area contributed by atoms with E-state index in [0.717, 1.165) is 5.56 Å². The number of halogens is 1. The first-order chi connectivity index (χ1) is 12.1. The molecule has 8 heteroatoms. The average molecular weight is 344 g/mol. The number of nitrogens with one attached hydrogen (secondary N) is 2. The molecule has 0 saturated carbocycles. The fourth-order valence-electron chi connectivity index (χ4n) is 2.42. The molecule has 3 N–H and O–H groups in total. The third-order valence-electron chi connectivity index (χ3n) is 3.91. The highest BCUT2D eigenvalue weighted by Crippen LogP contribution is 2.15. The van der Waals surface area contributed by atoms with Crippen molar-refractivity contribution in [2.75, 3.05) is 17.2 Å². The van der Waals surface area contributed by atoms with E-state index in [1.807, 2.05) is 19.9 Å². The van der Waals surface area contributed by atoms with Crippen LogP contribution >= 0.6 is 0 Å². The number of hydrogen-bond acceptors (Lipinski definition) is 6. The molecule has 0 amide bonds. The molecule has 0 radical (unpaired) electrons. The van der Waals surface area contributed by atoms with Gasteiger partial charge in [0.05, 0.1) is 18.8 Å². The number of anilines is 2. The molecule has 0 bridgehead atoms. The zero-order valence-corrected chi connectivity index (χ0v) is 14.1. The van der Waals surface area contributed by atoms with Crippen LogP contribution < -0.4 is 10.6 Å². The van der Waals surface area contributed by atoms with Crippen LogP contribution in [0.4, 0.5) is 16.3 Å². The molecule has 0 unspecified atom stereocenters. The van der Waals surface area contributed by atoms with E-state index in [2.05, 4.69) is 25.7 Å². The van der Waals surface area contributed by atoms with E-state index in [4.69, 9.17) is 0 Å². The molecule has 25 heavy (non-hydrogen) atoms. The summed E-state index contributed by atoms with van der Waals surface area (Å²) in [5, 5.41) is 20.0. The summed E-state index contributed by atoms with van der Waals surface area (Å²) in [7, 11) is 0. The molecule has 0 fully saturated rings. The summed E-state index contributed by atoms with van der Waals surface area (Å²) >= 11 is 0. The van der Waals surface area contributed by atoms with Crippen LogP contribution in [0, 0.1) is 11.7 Å². The maximum absolute atomic E-state index is 13.3. The van der Waals surface area contributed by atoms with Crippen molar-refractivity contribution in [1.29, 1.82) is 0 Å². The van der Waals surface area contributed by atoms with Gasteiger partial charge in [0.15, 0.2) is 5.65 Å². The Bertz CT molecular complexity index is 850. The van der Waals surface area contributed by atoms with Gasteiger partial charge in [-0.2, -0.15) is 19.6 Å². The minimum absolute atomic E-state index is 0.0163. The number of aliphatic hydroxyl groups is 1. The second kappa shape index (κ2) is 7.43. The van der Waals surface area contributed by atoms with Gasteiger partial charge in [-0.3, -0.25) is 0 Å². The molecule has 0 aliphatic carbocycles. The molecule has 7 nitrogen and oxygen atoms in total. The highest BCUT2D eigenvalue weighted by Gasteiger charge is 2.15. The van der Waals surface area contributed by atoms with Gasteiger partial charge in [-0.1, -0.05) is 26.0 Å². The lowest BCUT2D eigenvalue weighted by Gasteiger charge is -2.20. The molecule has 132 valence electrons. The van der Waals surface area contributed by atoms with E-state index in [0.29, 0.717) is 24.1 Å². The molecule has 0 aliphatic rings. The first kappa shape index (κ1) is 17.1. The molecule has 0 saturated heterocycles. The Hall–Kier alpha value is -2.74. The highest BCUT2D eigenvalue weighted by atomic mass is 19.1. The summed E-state index contributed by atoms with van der Waals surface area (Å²) in [6.07, 6.45) is 1.63. The van der Waals surface area contributed by atoms with E-state index >= 15 is 0 Å². The van der Waals surface area contributed by atoms with Gasteiger partial charge in [0.1, 0.15) is 5.82 Å². The Morgan fingerprint density at radius 2 is 2.08 bits per heavy atom. The zero-order chi connectivity index (χ0) is 17.8. The Morgan fingerprint density at radius 3 is 2.80 bits per heavy atom. The van der Waals surface area contributed by atoms with Crippen LogP contribution in [-0.2, 0) is 6.54 Å². The minimum atomic E-state index is -0.281. The van der Waals surface area contributed by atoms with Gasteiger partial charge in [-0.15, -0.1) is 0 Å². The molecule has 2 heterocycles. The maximum atomic E-state index is 13.3. The molecule has 3 aromatic rings. The number of hydrogen-bond donors (Lipinski definition) is 3. The van der Waals surface area contributed by atoms with Crippen molar-refractivity contribution in [2.45, 2.75) is 26.4 Å². The van der Waals surface area contributed by atoms with Crippen molar-refractivity contribution in [3.63, 3.8) is 0 Å². The van der Waals surface area contributed by atoms with E-state index in [1.165, 1.54) is 12.1 Å². The summed E-state index contributed by atoms with van der Waals surface area (Å²) in [5.41, 5.74) is 1.42. The van der Waals surface area contributed by atoms with Crippen LogP contribution in [0.2, 0.25) is 0 Å². The van der Waals surface area contributed by atoms with E-state index in [9.17, 15) is 9.50 Å². The van der Waals surface area contributed by atoms with Gasteiger partial charge in [-0.05, 0) is 23.6 Å². The molecule has 1 atom stereocenters. The van der Waals surface area contributed by atoms with Gasteiger partial charge in [0.2, 0.25) is 11.9 Å². The van der Waals surface area contributed by atoms with Crippen molar-refractivity contribution in [2.24, 2.45) is 5.92 Å². The lowest BCUT2D eigenvalue weighted by molar-refractivity contribution is 0.248. The molecular weight excluding hydrogens is 323 g/mol. The highest BCUT2D eigenvalue weighted by molar-refractivity contribution is 5.49. The van der Waals surface area contributed by atoms with Crippen LogP contribution in [0.5, 0.6) is 0 Å². The normalized spacial score (nSPS) is 12.5. The van der Waals surface area contributed by atoms with Crippen LogP contribution in [0.15, 0.2) is 36.5 Å². The van der Waals surface area contributed by atoms with Gasteiger partial charge in [0, 0.05) is 12.6 Å². The monoisotopic (exact) mass is 344 g/mol. The minimum Gasteiger partial charge on any atom is -0.394 e. The van der Waals surface area contributed by atoms with Crippen molar-refractivity contribution >= 4 is 17.5 Å². The molecule has 3 rings (SSSR count). The second-order valence-electron chi connectivity index (χ2n) is 6.13. The summed E-state index contributed by atoms with van der Waals surface area (Å²) in [4.78, 5) is 8.85.